The van der Waals surface area contributed by atoms with Crippen molar-refractivity contribution in [2.75, 3.05) is 27.3 Å². The normalized spacial score (nSPS) is 16.4. The zero-order valence-electron chi connectivity index (χ0n) is 11.7. The van der Waals surface area contributed by atoms with E-state index in [2.05, 4.69) is 0 Å². The summed E-state index contributed by atoms with van der Waals surface area (Å²) in [6.45, 7) is 2.55. The molecule has 0 fully saturated rings. The highest BCUT2D eigenvalue weighted by atomic mass is 19.1. The van der Waals surface area contributed by atoms with Crippen LogP contribution in [0.15, 0.2) is 24.3 Å². The summed E-state index contributed by atoms with van der Waals surface area (Å²) >= 11 is 0. The Labute approximate surface area is 114 Å². The van der Waals surface area contributed by atoms with Gasteiger partial charge in [0.1, 0.15) is 5.82 Å². The van der Waals surface area contributed by atoms with Gasteiger partial charge in [-0.15, -0.1) is 0 Å². The molecule has 3 N–H and O–H groups in total. The third-order valence-electron chi connectivity index (χ3n) is 3.02. The number of nitrogens with zero attached hydrogens (tertiary/aromatic N) is 1. The van der Waals surface area contributed by atoms with Crippen LogP contribution in [0.5, 0.6) is 0 Å². The maximum absolute atomic E-state index is 13.3. The summed E-state index contributed by atoms with van der Waals surface area (Å²) in [4.78, 5) is 1.92. The van der Waals surface area contributed by atoms with E-state index in [0.29, 0.717) is 6.54 Å². The van der Waals surface area contributed by atoms with Gasteiger partial charge in [0.15, 0.2) is 0 Å². The van der Waals surface area contributed by atoms with Crippen molar-refractivity contribution < 1.29 is 14.2 Å². The number of methoxy groups -OCH3 is 1. The Hall–Kier alpha value is -1.01. The largest absolute Gasteiger partial charge is 0.389 e. The van der Waals surface area contributed by atoms with Crippen molar-refractivity contribution in [2.45, 2.75) is 25.1 Å². The van der Waals surface area contributed by atoms with Crippen molar-refractivity contribution in [3.8, 4) is 0 Å². The molecule has 0 saturated carbocycles. The molecule has 0 radical (unpaired) electrons. The van der Waals surface area contributed by atoms with E-state index in [4.69, 9.17) is 10.5 Å². The van der Waals surface area contributed by atoms with E-state index in [9.17, 15) is 9.50 Å². The standard InChI is InChI=1S/C14H23FN2O2/c1-10(16)14(11-5-4-6-12(15)7-11)17(2)8-13(18)9-19-3/h4-7,10,13-14,18H,8-9,16H2,1-3H3. The Bertz CT molecular complexity index is 387. The molecule has 0 aliphatic carbocycles. The average Bonchev–Trinajstić information content (AvgIpc) is 2.28. The van der Waals surface area contributed by atoms with Gasteiger partial charge in [0, 0.05) is 25.7 Å². The quantitative estimate of drug-likeness (QED) is 0.780. The summed E-state index contributed by atoms with van der Waals surface area (Å²) in [7, 11) is 3.40. The predicted molar refractivity (Wildman–Crippen MR) is 73.3 cm³/mol. The van der Waals surface area contributed by atoms with Crippen LogP contribution in [-0.2, 0) is 4.74 Å². The molecule has 0 spiro atoms. The number of aliphatic hydroxyl groups excluding tert-OH is 1. The summed E-state index contributed by atoms with van der Waals surface area (Å²) in [5, 5.41) is 9.77. The molecule has 0 heterocycles. The van der Waals surface area contributed by atoms with Crippen LogP contribution < -0.4 is 5.73 Å². The van der Waals surface area contributed by atoms with Gasteiger partial charge in [0.05, 0.1) is 12.7 Å². The molecule has 19 heavy (non-hydrogen) atoms. The van der Waals surface area contributed by atoms with E-state index in [-0.39, 0.29) is 24.5 Å². The first-order valence-electron chi connectivity index (χ1n) is 6.34. The second kappa shape index (κ2) is 7.55. The smallest absolute Gasteiger partial charge is 0.123 e. The van der Waals surface area contributed by atoms with Gasteiger partial charge < -0.3 is 15.6 Å². The van der Waals surface area contributed by atoms with E-state index >= 15 is 0 Å². The highest BCUT2D eigenvalue weighted by Crippen LogP contribution is 2.23. The molecular weight excluding hydrogens is 247 g/mol. The van der Waals surface area contributed by atoms with Crippen molar-refractivity contribution in [1.82, 2.24) is 4.90 Å². The lowest BCUT2D eigenvalue weighted by molar-refractivity contribution is 0.0317. The fourth-order valence-corrected chi connectivity index (χ4v) is 2.34. The van der Waals surface area contributed by atoms with Crippen LogP contribution in [0.2, 0.25) is 0 Å². The Morgan fingerprint density at radius 3 is 2.68 bits per heavy atom. The lowest BCUT2D eigenvalue weighted by Gasteiger charge is -2.32. The molecule has 0 aromatic heterocycles. The Morgan fingerprint density at radius 2 is 2.16 bits per heavy atom. The molecule has 3 atom stereocenters. The zero-order valence-corrected chi connectivity index (χ0v) is 11.7. The van der Waals surface area contributed by atoms with Gasteiger partial charge in [-0.3, -0.25) is 4.90 Å². The second-order valence-corrected chi connectivity index (χ2v) is 4.91. The second-order valence-electron chi connectivity index (χ2n) is 4.91. The minimum atomic E-state index is -0.593. The molecular formula is C14H23FN2O2. The van der Waals surface area contributed by atoms with Gasteiger partial charge in [-0.2, -0.15) is 0 Å². The average molecular weight is 270 g/mol. The van der Waals surface area contributed by atoms with E-state index in [1.54, 1.807) is 13.2 Å². The molecule has 0 saturated heterocycles. The summed E-state index contributed by atoms with van der Waals surface area (Å²) in [5.74, 6) is -0.283. The van der Waals surface area contributed by atoms with Crippen molar-refractivity contribution in [1.29, 1.82) is 0 Å². The van der Waals surface area contributed by atoms with Gasteiger partial charge in [-0.1, -0.05) is 12.1 Å². The molecule has 3 unspecified atom stereocenters. The maximum Gasteiger partial charge on any atom is 0.123 e. The SMILES string of the molecule is COCC(O)CN(C)C(c1cccc(F)c1)C(C)N. The molecule has 1 aromatic rings. The fourth-order valence-electron chi connectivity index (χ4n) is 2.34. The van der Waals surface area contributed by atoms with E-state index in [1.165, 1.54) is 12.1 Å². The van der Waals surface area contributed by atoms with Crippen LogP contribution in [0.1, 0.15) is 18.5 Å². The van der Waals surface area contributed by atoms with Gasteiger partial charge in [0.2, 0.25) is 0 Å². The highest BCUT2D eigenvalue weighted by Gasteiger charge is 2.23. The molecule has 108 valence electrons. The number of likely N-dealkylation sites (N-methyl/N-ethyl adjacent to an activating group) is 1. The first-order chi connectivity index (χ1) is 8.95. The van der Waals surface area contributed by atoms with Crippen LogP contribution in [-0.4, -0.2) is 49.5 Å². The summed E-state index contributed by atoms with van der Waals surface area (Å²) < 4.78 is 18.2. The summed E-state index contributed by atoms with van der Waals surface area (Å²) in [6, 6.07) is 6.06. The highest BCUT2D eigenvalue weighted by molar-refractivity contribution is 5.21. The Kier molecular flexibility index (Phi) is 6.37. The Balaban J connectivity index is 2.82. The van der Waals surface area contributed by atoms with Gasteiger partial charge in [-0.25, -0.2) is 4.39 Å². The maximum atomic E-state index is 13.3. The van der Waals surface area contributed by atoms with E-state index < -0.39 is 6.10 Å². The first-order valence-corrected chi connectivity index (χ1v) is 6.34. The number of halogens is 1. The third-order valence-corrected chi connectivity index (χ3v) is 3.02. The molecule has 0 amide bonds. The number of nitrogens with two attached hydrogens (primary N) is 1. The molecule has 4 nitrogen and oxygen atoms in total. The van der Waals surface area contributed by atoms with Gasteiger partial charge in [0.25, 0.3) is 0 Å². The van der Waals surface area contributed by atoms with Crippen LogP contribution in [0.3, 0.4) is 0 Å². The first kappa shape index (κ1) is 16.0. The molecule has 5 heteroatoms. The van der Waals surface area contributed by atoms with Crippen LogP contribution in [0.4, 0.5) is 4.39 Å². The monoisotopic (exact) mass is 270 g/mol. The minimum absolute atomic E-state index is 0.151. The predicted octanol–water partition coefficient (Wildman–Crippen LogP) is 1.15. The summed E-state index contributed by atoms with van der Waals surface area (Å²) in [6.07, 6.45) is -0.593. The van der Waals surface area contributed by atoms with E-state index in [1.807, 2.05) is 24.9 Å². The van der Waals surface area contributed by atoms with Crippen LogP contribution in [0.25, 0.3) is 0 Å². The number of benzene rings is 1. The van der Waals surface area contributed by atoms with Crippen molar-refractivity contribution >= 4 is 0 Å². The summed E-state index contributed by atoms with van der Waals surface area (Å²) in [5.41, 5.74) is 6.80. The molecule has 0 aliphatic rings. The number of ether oxygens (including phenoxy) is 1. The van der Waals surface area contributed by atoms with Crippen LogP contribution in [0, 0.1) is 5.82 Å². The lowest BCUT2D eigenvalue weighted by atomic mass is 9.99. The van der Waals surface area contributed by atoms with Crippen LogP contribution >= 0.6 is 0 Å². The number of hydrogen-bond acceptors (Lipinski definition) is 4. The molecule has 1 rings (SSSR count). The minimum Gasteiger partial charge on any atom is -0.389 e. The van der Waals surface area contributed by atoms with Crippen molar-refractivity contribution in [2.24, 2.45) is 5.73 Å². The molecule has 0 bridgehead atoms. The number of aliphatic hydroxyl groups is 1. The van der Waals surface area contributed by atoms with Crippen molar-refractivity contribution in [3.63, 3.8) is 0 Å². The topological polar surface area (TPSA) is 58.7 Å². The number of rotatable bonds is 7. The zero-order chi connectivity index (χ0) is 14.4. The number of hydrogen-bond donors (Lipinski definition) is 2. The van der Waals surface area contributed by atoms with Gasteiger partial charge in [-0.05, 0) is 31.7 Å². The fraction of sp³-hybridized carbons (Fsp3) is 0.571. The lowest BCUT2D eigenvalue weighted by Crippen LogP contribution is -2.41. The molecule has 0 aliphatic heterocycles. The van der Waals surface area contributed by atoms with Gasteiger partial charge >= 0.3 is 0 Å². The van der Waals surface area contributed by atoms with E-state index in [0.717, 1.165) is 5.56 Å². The van der Waals surface area contributed by atoms with Crippen molar-refractivity contribution in [3.05, 3.63) is 35.6 Å². The third kappa shape index (κ3) is 4.87. The Morgan fingerprint density at radius 1 is 1.47 bits per heavy atom. The molecule has 1 aromatic carbocycles.